The van der Waals surface area contributed by atoms with Crippen LogP contribution in [0.1, 0.15) is 96.6 Å². The number of fused-ring (bicyclic) bond motifs is 2. The number of rotatable bonds is 16. The summed E-state index contributed by atoms with van der Waals surface area (Å²) in [5, 5.41) is 9.77. The van der Waals surface area contributed by atoms with Gasteiger partial charge in [-0.05, 0) is 74.8 Å². The van der Waals surface area contributed by atoms with Crippen molar-refractivity contribution in [2.24, 2.45) is 17.3 Å². The van der Waals surface area contributed by atoms with Gasteiger partial charge in [0.1, 0.15) is 28.8 Å². The Morgan fingerprint density at radius 3 is 1.85 bits per heavy atom. The van der Waals surface area contributed by atoms with Crippen molar-refractivity contribution >= 4 is 65.1 Å². The normalized spacial score (nSPS) is 12.7. The first-order chi connectivity index (χ1) is 27.4. The fourth-order valence-electron chi connectivity index (χ4n) is 5.73. The number of pyridine rings is 2. The first kappa shape index (κ1) is 46.4. The van der Waals surface area contributed by atoms with E-state index >= 15 is 0 Å². The molecule has 2 aromatic heterocycles. The molecule has 1 atom stereocenters. The molecule has 0 unspecified atom stereocenters. The summed E-state index contributed by atoms with van der Waals surface area (Å²) >= 11 is 0. The third-order valence-electron chi connectivity index (χ3n) is 8.58. The van der Waals surface area contributed by atoms with Crippen LogP contribution < -0.4 is 25.4 Å². The van der Waals surface area contributed by atoms with Crippen LogP contribution in [0, 0.1) is 17.3 Å². The Hall–Kier alpha value is -5.24. The molecule has 4 aromatic rings. The van der Waals surface area contributed by atoms with Gasteiger partial charge in [-0.3, -0.25) is 9.59 Å². The predicted octanol–water partition coefficient (Wildman–Crippen LogP) is 9.87. The lowest BCUT2D eigenvalue weighted by Crippen LogP contribution is -2.46. The Morgan fingerprint density at radius 1 is 0.746 bits per heavy atom. The van der Waals surface area contributed by atoms with Crippen molar-refractivity contribution in [3.8, 4) is 11.5 Å². The summed E-state index contributed by atoms with van der Waals surface area (Å²) in [6, 6.07) is 13.6. The third-order valence-corrected chi connectivity index (χ3v) is 10.3. The van der Waals surface area contributed by atoms with Crippen molar-refractivity contribution in [3.05, 3.63) is 59.9 Å². The molecule has 3 amide bonds. The van der Waals surface area contributed by atoms with Crippen LogP contribution in [0.4, 0.5) is 16.2 Å². The second-order valence-corrected chi connectivity index (χ2v) is 24.8. The molecule has 3 N–H and O–H groups in total. The van der Waals surface area contributed by atoms with Crippen LogP contribution >= 0.6 is 0 Å². The van der Waals surface area contributed by atoms with E-state index < -0.39 is 43.6 Å². The van der Waals surface area contributed by atoms with Gasteiger partial charge in [0.05, 0.1) is 42.2 Å². The van der Waals surface area contributed by atoms with E-state index in [4.69, 9.17) is 28.9 Å². The molecule has 0 saturated heterocycles. The lowest BCUT2D eigenvalue weighted by Gasteiger charge is -2.24. The van der Waals surface area contributed by atoms with E-state index in [1.807, 2.05) is 54.5 Å². The van der Waals surface area contributed by atoms with E-state index in [9.17, 15) is 19.2 Å². The van der Waals surface area contributed by atoms with Crippen LogP contribution in [0.2, 0.25) is 25.7 Å². The number of carbonyl (C=O) groups excluding carboxylic acids is 4. The van der Waals surface area contributed by atoms with Gasteiger partial charge < -0.3 is 34.9 Å². The smallest absolute Gasteiger partial charge is 0.408 e. The molecule has 320 valence electrons. The maximum absolute atomic E-state index is 14.3. The lowest BCUT2D eigenvalue weighted by molar-refractivity contribution is -0.118. The Kier molecular flexibility index (Phi) is 15.1. The number of para-hydroxylation sites is 2. The number of nitrogens with one attached hydrogen (secondary N) is 3. The molecule has 0 aliphatic heterocycles. The highest BCUT2D eigenvalue weighted by molar-refractivity contribution is 6.76. The largest absolute Gasteiger partial charge is 0.493 e. The van der Waals surface area contributed by atoms with E-state index in [1.165, 1.54) is 0 Å². The lowest BCUT2D eigenvalue weighted by atomic mass is 9.98. The molecule has 2 heterocycles. The molecule has 0 spiro atoms. The molecule has 0 bridgehead atoms. The highest BCUT2D eigenvalue weighted by atomic mass is 28.3. The highest BCUT2D eigenvalue weighted by Gasteiger charge is 2.27. The van der Waals surface area contributed by atoms with Gasteiger partial charge in [-0.15, -0.1) is 0 Å². The van der Waals surface area contributed by atoms with Crippen molar-refractivity contribution in [1.29, 1.82) is 0 Å². The minimum absolute atomic E-state index is 0.00619. The summed E-state index contributed by atoms with van der Waals surface area (Å²) in [7, 11) is -1.47. The molecular weight excluding hydrogens is 767 g/mol. The zero-order chi connectivity index (χ0) is 43.9. The molecule has 0 aliphatic rings. The molecule has 0 saturated carbocycles. The van der Waals surface area contributed by atoms with E-state index in [0.29, 0.717) is 64.3 Å². The summed E-state index contributed by atoms with van der Waals surface area (Å²) in [6.45, 7) is 26.9. The summed E-state index contributed by atoms with van der Waals surface area (Å²) in [6.07, 6.45) is -0.362. The average molecular weight is 830 g/mol. The summed E-state index contributed by atoms with van der Waals surface area (Å²) in [5.74, 6) is -0.570. The topological polar surface area (TPSA) is 167 Å². The number of hydrogen-bond donors (Lipinski definition) is 3. The Balaban J connectivity index is 1.76. The van der Waals surface area contributed by atoms with E-state index in [-0.39, 0.29) is 35.2 Å². The first-order valence-electron chi connectivity index (χ1n) is 20.3. The minimum atomic E-state index is -1.47. The molecular formula is C45H63N5O8Si. The summed E-state index contributed by atoms with van der Waals surface area (Å²) in [5.41, 5.74) is 0.420. The fourth-order valence-corrected chi connectivity index (χ4v) is 6.44. The second kappa shape index (κ2) is 19.2. The first-order valence-corrected chi connectivity index (χ1v) is 24.0. The number of nitrogens with zero attached hydrogens (tertiary/aromatic N) is 2. The molecule has 0 aliphatic carbocycles. The van der Waals surface area contributed by atoms with Crippen LogP contribution in [0.3, 0.4) is 0 Å². The van der Waals surface area contributed by atoms with E-state index in [0.717, 1.165) is 6.04 Å². The SMILES string of the molecule is CC(C)COc1cc(C(=O)Nc2cccc3c(OCC(C)(C)C)cc(C(=O)OCC[Si](C)(C)C)nc23)nc2c(NC(=O)[C@H](CC(C)C)NC(=O)OC(C)(C)C)cccc12. The number of aromatic nitrogens is 2. The van der Waals surface area contributed by atoms with Crippen LogP contribution in [0.25, 0.3) is 21.8 Å². The maximum atomic E-state index is 14.3. The van der Waals surface area contributed by atoms with Gasteiger partial charge in [-0.2, -0.15) is 0 Å². The van der Waals surface area contributed by atoms with Crippen molar-refractivity contribution in [1.82, 2.24) is 15.3 Å². The van der Waals surface area contributed by atoms with Crippen molar-refractivity contribution in [2.75, 3.05) is 30.5 Å². The van der Waals surface area contributed by atoms with Gasteiger partial charge in [0.15, 0.2) is 5.69 Å². The number of benzene rings is 2. The third kappa shape index (κ3) is 14.2. The fraction of sp³-hybridized carbons (Fsp3) is 0.511. The van der Waals surface area contributed by atoms with Crippen molar-refractivity contribution < 1.29 is 38.1 Å². The van der Waals surface area contributed by atoms with Crippen LogP contribution in [0.15, 0.2) is 48.5 Å². The van der Waals surface area contributed by atoms with Gasteiger partial charge in [0, 0.05) is 31.0 Å². The van der Waals surface area contributed by atoms with Gasteiger partial charge in [0.25, 0.3) is 5.91 Å². The summed E-state index contributed by atoms with van der Waals surface area (Å²) in [4.78, 5) is 63.6. The van der Waals surface area contributed by atoms with Gasteiger partial charge in [-0.25, -0.2) is 19.6 Å². The van der Waals surface area contributed by atoms with E-state index in [1.54, 1.807) is 63.2 Å². The molecule has 0 radical (unpaired) electrons. The standard InChI is InChI=1S/C45H63N5O8Si/c1-27(2)22-33(50-43(54)58-45(8,9)10)40(51)48-31-18-14-16-29-36(56-25-28(3)4)23-34(46-38(29)31)41(52)49-32-19-15-17-30-37(57-26-44(5,6)7)24-35(47-39(30)32)42(53)55-20-21-59(11,12)13/h14-19,23-24,27-28,33H,20-22,25-26H2,1-13H3,(H,48,51)(H,49,52)(H,50,54)/t33-/m0/s1. The monoisotopic (exact) mass is 829 g/mol. The predicted molar refractivity (Wildman–Crippen MR) is 236 cm³/mol. The van der Waals surface area contributed by atoms with Crippen molar-refractivity contribution in [3.63, 3.8) is 0 Å². The minimum Gasteiger partial charge on any atom is -0.493 e. The van der Waals surface area contributed by atoms with E-state index in [2.05, 4.69) is 35.6 Å². The average Bonchev–Trinajstić information content (AvgIpc) is 3.10. The zero-order valence-corrected chi connectivity index (χ0v) is 38.0. The Morgan fingerprint density at radius 2 is 1.31 bits per heavy atom. The number of anilines is 2. The van der Waals surface area contributed by atoms with Crippen LogP contribution in [-0.4, -0.2) is 73.4 Å². The number of alkyl carbamates (subject to hydrolysis) is 1. The number of carbonyl (C=O) groups is 4. The molecule has 4 rings (SSSR count). The van der Waals surface area contributed by atoms with Gasteiger partial charge in [0.2, 0.25) is 5.91 Å². The summed E-state index contributed by atoms with van der Waals surface area (Å²) < 4.78 is 23.6. The number of hydrogen-bond acceptors (Lipinski definition) is 10. The zero-order valence-electron chi connectivity index (χ0n) is 37.0. The maximum Gasteiger partial charge on any atom is 0.408 e. The molecule has 59 heavy (non-hydrogen) atoms. The number of esters is 1. The van der Waals surface area contributed by atoms with Gasteiger partial charge in [-0.1, -0.05) is 80.2 Å². The number of ether oxygens (including phenoxy) is 4. The number of amides is 3. The molecule has 2 aromatic carbocycles. The Bertz CT molecular complexity index is 2150. The highest BCUT2D eigenvalue weighted by Crippen LogP contribution is 2.34. The quantitative estimate of drug-likeness (QED) is 0.0731. The molecule has 13 nitrogen and oxygen atoms in total. The Labute approximate surface area is 349 Å². The van der Waals surface area contributed by atoms with Crippen molar-refractivity contribution in [2.45, 2.75) is 113 Å². The van der Waals surface area contributed by atoms with Crippen LogP contribution in [0.5, 0.6) is 11.5 Å². The van der Waals surface area contributed by atoms with Crippen LogP contribution in [-0.2, 0) is 14.3 Å². The second-order valence-electron chi connectivity index (χ2n) is 19.2. The van der Waals surface area contributed by atoms with Gasteiger partial charge >= 0.3 is 12.1 Å². The molecule has 14 heteroatoms. The molecule has 0 fully saturated rings.